The molecule has 0 spiro atoms. The molecule has 3 unspecified atom stereocenters. The molecule has 0 bridgehead atoms. The molecule has 1 aromatic carbocycles. The van der Waals surface area contributed by atoms with Gasteiger partial charge in [0.25, 0.3) is 0 Å². The number of amides is 1. The van der Waals surface area contributed by atoms with Crippen LogP contribution in [-0.2, 0) is 4.79 Å². The summed E-state index contributed by atoms with van der Waals surface area (Å²) in [6.07, 6.45) is 1.33. The molecule has 1 heterocycles. The highest BCUT2D eigenvalue weighted by atomic mass is 16.5. The summed E-state index contributed by atoms with van der Waals surface area (Å²) in [5.74, 6) is 1.12. The summed E-state index contributed by atoms with van der Waals surface area (Å²) in [5, 5.41) is 3.04. The second kappa shape index (κ2) is 6.72. The number of hydrogen-bond acceptors (Lipinski definition) is 4. The second-order valence-corrected chi connectivity index (χ2v) is 5.17. The van der Waals surface area contributed by atoms with Gasteiger partial charge >= 0.3 is 0 Å². The smallest absolute Gasteiger partial charge is 0.221 e. The molecule has 0 saturated carbocycles. The van der Waals surface area contributed by atoms with Crippen molar-refractivity contribution in [3.05, 3.63) is 29.8 Å². The average Bonchev–Trinajstić information content (AvgIpc) is 2.80. The summed E-state index contributed by atoms with van der Waals surface area (Å²) in [5.41, 5.74) is 7.54. The molecule has 5 heteroatoms. The maximum Gasteiger partial charge on any atom is 0.221 e. The first-order chi connectivity index (χ1) is 9.65. The van der Waals surface area contributed by atoms with Gasteiger partial charge in [0.15, 0.2) is 0 Å². The highest BCUT2D eigenvalue weighted by Crippen LogP contribution is 2.27. The first-order valence-electron chi connectivity index (χ1n) is 7.10. The Kier molecular flexibility index (Phi) is 4.98. The van der Waals surface area contributed by atoms with Gasteiger partial charge in [0.2, 0.25) is 5.91 Å². The van der Waals surface area contributed by atoms with Gasteiger partial charge in [-0.1, -0.05) is 19.1 Å². The Hall–Kier alpha value is -1.59. The Morgan fingerprint density at radius 3 is 2.60 bits per heavy atom. The van der Waals surface area contributed by atoms with Crippen molar-refractivity contribution in [3.63, 3.8) is 0 Å². The molecule has 5 nitrogen and oxygen atoms in total. The minimum Gasteiger partial charge on any atom is -0.497 e. The molecule has 0 aliphatic carbocycles. The van der Waals surface area contributed by atoms with Crippen LogP contribution >= 0.6 is 0 Å². The number of benzene rings is 1. The molecule has 1 saturated heterocycles. The van der Waals surface area contributed by atoms with Crippen molar-refractivity contribution >= 4 is 5.91 Å². The van der Waals surface area contributed by atoms with Gasteiger partial charge in [-0.2, -0.15) is 0 Å². The van der Waals surface area contributed by atoms with E-state index in [4.69, 9.17) is 4.74 Å². The lowest BCUT2D eigenvalue weighted by Gasteiger charge is -2.22. The molecule has 110 valence electrons. The van der Waals surface area contributed by atoms with Gasteiger partial charge in [-0.3, -0.25) is 10.2 Å². The fraction of sp³-hybridized carbons (Fsp3) is 0.533. The number of rotatable bonds is 5. The maximum atomic E-state index is 11.8. The molecule has 3 atom stereocenters. The van der Waals surface area contributed by atoms with Crippen LogP contribution in [-0.4, -0.2) is 25.2 Å². The Labute approximate surface area is 120 Å². The Morgan fingerprint density at radius 1 is 1.30 bits per heavy atom. The Bertz CT molecular complexity index is 447. The van der Waals surface area contributed by atoms with E-state index in [2.05, 4.69) is 23.1 Å². The van der Waals surface area contributed by atoms with Crippen molar-refractivity contribution < 1.29 is 9.53 Å². The summed E-state index contributed by atoms with van der Waals surface area (Å²) >= 11 is 0. The maximum absolute atomic E-state index is 11.8. The molecule has 1 fully saturated rings. The summed E-state index contributed by atoms with van der Waals surface area (Å²) in [6.45, 7) is 4.11. The fourth-order valence-electron chi connectivity index (χ4n) is 2.60. The van der Waals surface area contributed by atoms with Crippen molar-refractivity contribution in [2.45, 2.75) is 44.8 Å². The highest BCUT2D eigenvalue weighted by Gasteiger charge is 2.34. The monoisotopic (exact) mass is 277 g/mol. The zero-order chi connectivity index (χ0) is 14.5. The van der Waals surface area contributed by atoms with Crippen molar-refractivity contribution in [1.82, 2.24) is 16.2 Å². The topological polar surface area (TPSA) is 62.4 Å². The minimum absolute atomic E-state index is 0.0828. The zero-order valence-corrected chi connectivity index (χ0v) is 12.3. The number of methoxy groups -OCH3 is 1. The molecule has 20 heavy (non-hydrogen) atoms. The van der Waals surface area contributed by atoms with Gasteiger partial charge in [0.1, 0.15) is 11.9 Å². The van der Waals surface area contributed by atoms with Gasteiger partial charge < -0.3 is 10.1 Å². The number of carbonyl (C=O) groups is 1. The van der Waals surface area contributed by atoms with E-state index in [-0.39, 0.29) is 24.0 Å². The molecule has 3 N–H and O–H groups in total. The number of carbonyl (C=O) groups excluding carboxylic acids is 1. The minimum atomic E-state index is -0.0857. The van der Waals surface area contributed by atoms with Crippen molar-refractivity contribution in [2.75, 3.05) is 7.11 Å². The number of nitrogens with one attached hydrogen (secondary N) is 3. The molecule has 1 aromatic rings. The van der Waals surface area contributed by atoms with Gasteiger partial charge in [-0.15, -0.1) is 0 Å². The van der Waals surface area contributed by atoms with E-state index in [0.29, 0.717) is 6.42 Å². The molecule has 1 aliphatic rings. The van der Waals surface area contributed by atoms with Crippen LogP contribution in [0, 0.1) is 0 Å². The van der Waals surface area contributed by atoms with Crippen LogP contribution in [0.4, 0.5) is 0 Å². The van der Waals surface area contributed by atoms with E-state index in [0.717, 1.165) is 12.2 Å². The van der Waals surface area contributed by atoms with Crippen LogP contribution < -0.4 is 20.9 Å². The average molecular weight is 277 g/mol. The van der Waals surface area contributed by atoms with E-state index >= 15 is 0 Å². The first kappa shape index (κ1) is 14.8. The van der Waals surface area contributed by atoms with Crippen molar-refractivity contribution in [2.24, 2.45) is 0 Å². The van der Waals surface area contributed by atoms with E-state index in [1.54, 1.807) is 7.11 Å². The summed E-state index contributed by atoms with van der Waals surface area (Å²) < 4.78 is 5.18. The second-order valence-electron chi connectivity index (χ2n) is 5.17. The van der Waals surface area contributed by atoms with Gasteiger partial charge in [0.05, 0.1) is 7.11 Å². The molecule has 0 aromatic heterocycles. The SMILES string of the molecule is CCCC(=O)NC1NNC(C)C1c1ccc(OC)cc1. The lowest BCUT2D eigenvalue weighted by Crippen LogP contribution is -2.46. The van der Waals surface area contributed by atoms with E-state index in [9.17, 15) is 4.79 Å². The molecule has 1 amide bonds. The van der Waals surface area contributed by atoms with Crippen LogP contribution in [0.15, 0.2) is 24.3 Å². The third kappa shape index (κ3) is 3.29. The Balaban J connectivity index is 2.11. The van der Waals surface area contributed by atoms with Crippen LogP contribution in [0.25, 0.3) is 0 Å². The highest BCUT2D eigenvalue weighted by molar-refractivity contribution is 5.76. The van der Waals surface area contributed by atoms with Crippen LogP contribution in [0.2, 0.25) is 0 Å². The predicted octanol–water partition coefficient (Wildman–Crippen LogP) is 1.52. The molecular weight excluding hydrogens is 254 g/mol. The van der Waals surface area contributed by atoms with Gasteiger partial charge in [-0.05, 0) is 31.0 Å². The zero-order valence-electron chi connectivity index (χ0n) is 12.3. The number of hydrogen-bond donors (Lipinski definition) is 3. The van der Waals surface area contributed by atoms with Crippen molar-refractivity contribution in [3.8, 4) is 5.75 Å². The number of hydrazine groups is 1. The van der Waals surface area contributed by atoms with Crippen LogP contribution in [0.3, 0.4) is 0 Å². The van der Waals surface area contributed by atoms with Gasteiger partial charge in [-0.25, -0.2) is 5.43 Å². The van der Waals surface area contributed by atoms with Crippen LogP contribution in [0.1, 0.15) is 38.2 Å². The Morgan fingerprint density at radius 2 is 2.00 bits per heavy atom. The fourth-order valence-corrected chi connectivity index (χ4v) is 2.60. The molecule has 1 aliphatic heterocycles. The predicted molar refractivity (Wildman–Crippen MR) is 78.3 cm³/mol. The lowest BCUT2D eigenvalue weighted by molar-refractivity contribution is -0.122. The third-order valence-corrected chi connectivity index (χ3v) is 3.66. The quantitative estimate of drug-likeness (QED) is 0.763. The first-order valence-corrected chi connectivity index (χ1v) is 7.10. The van der Waals surface area contributed by atoms with Gasteiger partial charge in [0, 0.05) is 18.4 Å². The van der Waals surface area contributed by atoms with E-state index in [1.807, 2.05) is 31.2 Å². The van der Waals surface area contributed by atoms with Crippen molar-refractivity contribution in [1.29, 1.82) is 0 Å². The summed E-state index contributed by atoms with van der Waals surface area (Å²) in [7, 11) is 1.66. The molecule has 0 radical (unpaired) electrons. The van der Waals surface area contributed by atoms with E-state index < -0.39 is 0 Å². The molecular formula is C15H23N3O2. The summed E-state index contributed by atoms with van der Waals surface area (Å²) in [4.78, 5) is 11.8. The number of ether oxygens (including phenoxy) is 1. The lowest BCUT2D eigenvalue weighted by atomic mass is 9.91. The standard InChI is InChI=1S/C15H23N3O2/c1-4-5-13(19)16-15-14(10(2)17-18-15)11-6-8-12(20-3)9-7-11/h6-10,14-15,17-18H,4-5H2,1-3H3,(H,16,19). The summed E-state index contributed by atoms with van der Waals surface area (Å²) in [6, 6.07) is 8.24. The van der Waals surface area contributed by atoms with Crippen LogP contribution in [0.5, 0.6) is 5.75 Å². The van der Waals surface area contributed by atoms with E-state index in [1.165, 1.54) is 5.56 Å². The normalized spacial score (nSPS) is 25.4. The third-order valence-electron chi connectivity index (χ3n) is 3.66. The molecule has 2 rings (SSSR count). The largest absolute Gasteiger partial charge is 0.497 e.